The molecule has 5 heteroatoms. The van der Waals surface area contributed by atoms with E-state index in [1.165, 1.54) is 11.1 Å². The van der Waals surface area contributed by atoms with E-state index in [1.807, 2.05) is 36.1 Å². The van der Waals surface area contributed by atoms with Gasteiger partial charge in [0, 0.05) is 37.9 Å². The standard InChI is InChI=1S/C26H25N3O2/c1-19-12-13-23-22(27-19)18-24(31-23)26(30)29-16-14-28(15-17-29)25(20-8-4-2-5-9-20)21-10-6-3-7-11-21/h2-13,18,25H,14-17H2,1H3. The highest BCUT2D eigenvalue weighted by Crippen LogP contribution is 2.30. The van der Waals surface area contributed by atoms with E-state index in [0.717, 1.165) is 24.3 Å². The maximum Gasteiger partial charge on any atom is 0.289 e. The molecule has 3 heterocycles. The average Bonchev–Trinajstić information content (AvgIpc) is 3.24. The minimum absolute atomic E-state index is 0.0636. The lowest BCUT2D eigenvalue weighted by Crippen LogP contribution is -2.49. The van der Waals surface area contributed by atoms with Crippen molar-refractivity contribution >= 4 is 17.0 Å². The van der Waals surface area contributed by atoms with Crippen molar-refractivity contribution < 1.29 is 9.21 Å². The van der Waals surface area contributed by atoms with E-state index in [-0.39, 0.29) is 11.9 Å². The predicted molar refractivity (Wildman–Crippen MR) is 121 cm³/mol. The van der Waals surface area contributed by atoms with Gasteiger partial charge in [0.2, 0.25) is 0 Å². The van der Waals surface area contributed by atoms with Crippen LogP contribution in [0.4, 0.5) is 0 Å². The minimum atomic E-state index is -0.0636. The number of rotatable bonds is 4. The van der Waals surface area contributed by atoms with Crippen LogP contribution in [0.1, 0.15) is 33.4 Å². The van der Waals surface area contributed by atoms with E-state index >= 15 is 0 Å². The maximum atomic E-state index is 13.1. The summed E-state index contributed by atoms with van der Waals surface area (Å²) in [5.74, 6) is 0.301. The van der Waals surface area contributed by atoms with Gasteiger partial charge in [-0.05, 0) is 30.2 Å². The van der Waals surface area contributed by atoms with Crippen molar-refractivity contribution in [2.24, 2.45) is 0 Å². The zero-order valence-electron chi connectivity index (χ0n) is 17.6. The van der Waals surface area contributed by atoms with Gasteiger partial charge in [-0.2, -0.15) is 0 Å². The normalized spacial score (nSPS) is 15.0. The van der Waals surface area contributed by atoms with E-state index in [1.54, 1.807) is 6.07 Å². The van der Waals surface area contributed by atoms with Gasteiger partial charge >= 0.3 is 0 Å². The fraction of sp³-hybridized carbons (Fsp3) is 0.231. The lowest BCUT2D eigenvalue weighted by Gasteiger charge is -2.39. The Labute approximate surface area is 181 Å². The largest absolute Gasteiger partial charge is 0.449 e. The number of benzene rings is 2. The molecule has 1 fully saturated rings. The van der Waals surface area contributed by atoms with Crippen LogP contribution in [-0.2, 0) is 0 Å². The van der Waals surface area contributed by atoms with Crippen molar-refractivity contribution in [2.45, 2.75) is 13.0 Å². The van der Waals surface area contributed by atoms with Gasteiger partial charge in [0.05, 0.1) is 6.04 Å². The highest BCUT2D eigenvalue weighted by Gasteiger charge is 2.29. The van der Waals surface area contributed by atoms with Crippen LogP contribution in [0.5, 0.6) is 0 Å². The summed E-state index contributed by atoms with van der Waals surface area (Å²) in [6.45, 7) is 4.87. The molecule has 1 aliphatic rings. The van der Waals surface area contributed by atoms with E-state index in [9.17, 15) is 4.79 Å². The second-order valence-electron chi connectivity index (χ2n) is 8.00. The van der Waals surface area contributed by atoms with Crippen molar-refractivity contribution in [1.29, 1.82) is 0 Å². The fourth-order valence-electron chi connectivity index (χ4n) is 4.36. The average molecular weight is 412 g/mol. The second-order valence-corrected chi connectivity index (χ2v) is 8.00. The molecule has 5 nitrogen and oxygen atoms in total. The predicted octanol–water partition coefficient (Wildman–Crippen LogP) is 4.68. The molecule has 0 radical (unpaired) electrons. The van der Waals surface area contributed by atoms with Crippen LogP contribution < -0.4 is 0 Å². The van der Waals surface area contributed by atoms with Crippen LogP contribution in [0.25, 0.3) is 11.1 Å². The van der Waals surface area contributed by atoms with E-state index in [4.69, 9.17) is 4.42 Å². The SMILES string of the molecule is Cc1ccc2oc(C(=O)N3CCN(C(c4ccccc4)c4ccccc4)CC3)cc2n1. The van der Waals surface area contributed by atoms with E-state index < -0.39 is 0 Å². The van der Waals surface area contributed by atoms with Gasteiger partial charge < -0.3 is 9.32 Å². The molecule has 1 amide bonds. The van der Waals surface area contributed by atoms with Crippen LogP contribution in [0.2, 0.25) is 0 Å². The summed E-state index contributed by atoms with van der Waals surface area (Å²) in [6.07, 6.45) is 0. The quantitative estimate of drug-likeness (QED) is 0.489. The number of hydrogen-bond acceptors (Lipinski definition) is 4. The van der Waals surface area contributed by atoms with Gasteiger partial charge in [-0.1, -0.05) is 60.7 Å². The van der Waals surface area contributed by atoms with Crippen molar-refractivity contribution in [3.05, 3.63) is 101 Å². The molecule has 0 unspecified atom stereocenters. The molecule has 156 valence electrons. The maximum absolute atomic E-state index is 13.1. The Kier molecular flexibility index (Phi) is 5.26. The summed E-state index contributed by atoms with van der Waals surface area (Å²) in [5, 5.41) is 0. The molecule has 1 aliphatic heterocycles. The van der Waals surface area contributed by atoms with Crippen LogP contribution in [0.3, 0.4) is 0 Å². The number of aromatic nitrogens is 1. The van der Waals surface area contributed by atoms with Gasteiger partial charge in [-0.3, -0.25) is 9.69 Å². The zero-order chi connectivity index (χ0) is 21.2. The number of carbonyl (C=O) groups is 1. The number of amides is 1. The summed E-state index contributed by atoms with van der Waals surface area (Å²) in [5.41, 5.74) is 4.84. The molecule has 31 heavy (non-hydrogen) atoms. The van der Waals surface area contributed by atoms with Crippen molar-refractivity contribution in [3.63, 3.8) is 0 Å². The van der Waals surface area contributed by atoms with Gasteiger partial charge in [-0.15, -0.1) is 0 Å². The van der Waals surface area contributed by atoms with Crippen molar-refractivity contribution in [3.8, 4) is 0 Å². The molecular weight excluding hydrogens is 386 g/mol. The van der Waals surface area contributed by atoms with Crippen LogP contribution in [0, 0.1) is 6.92 Å². The zero-order valence-corrected chi connectivity index (χ0v) is 17.6. The monoisotopic (exact) mass is 411 g/mol. The Hall–Kier alpha value is -3.44. The second kappa shape index (κ2) is 8.36. The summed E-state index contributed by atoms with van der Waals surface area (Å²) < 4.78 is 5.78. The lowest BCUT2D eigenvalue weighted by molar-refractivity contribution is 0.0570. The summed E-state index contributed by atoms with van der Waals surface area (Å²) in [4.78, 5) is 21.8. The highest BCUT2D eigenvalue weighted by molar-refractivity contribution is 5.95. The number of nitrogens with zero attached hydrogens (tertiary/aromatic N) is 3. The molecule has 0 aliphatic carbocycles. The first-order chi connectivity index (χ1) is 15.2. The number of pyridine rings is 1. The Balaban J connectivity index is 1.34. The number of fused-ring (bicyclic) bond motifs is 1. The molecule has 2 aromatic heterocycles. The molecule has 0 N–H and O–H groups in total. The Morgan fingerprint density at radius 2 is 1.48 bits per heavy atom. The molecule has 0 atom stereocenters. The van der Waals surface area contributed by atoms with Crippen molar-refractivity contribution in [2.75, 3.05) is 26.2 Å². The third-order valence-corrected chi connectivity index (χ3v) is 5.92. The molecule has 2 aromatic carbocycles. The van der Waals surface area contributed by atoms with Crippen LogP contribution in [0.15, 0.2) is 83.3 Å². The summed E-state index contributed by atoms with van der Waals surface area (Å²) in [7, 11) is 0. The van der Waals surface area contributed by atoms with Crippen LogP contribution >= 0.6 is 0 Å². The summed E-state index contributed by atoms with van der Waals surface area (Å²) >= 11 is 0. The molecule has 0 saturated carbocycles. The van der Waals surface area contributed by atoms with Gasteiger partial charge in [0.15, 0.2) is 11.3 Å². The van der Waals surface area contributed by atoms with Gasteiger partial charge in [0.1, 0.15) is 5.52 Å². The first kappa shape index (κ1) is 19.5. The first-order valence-corrected chi connectivity index (χ1v) is 10.7. The molecular formula is C26H25N3O2. The smallest absolute Gasteiger partial charge is 0.289 e. The third kappa shape index (κ3) is 3.97. The summed E-state index contributed by atoms with van der Waals surface area (Å²) in [6, 6.07) is 26.9. The lowest BCUT2D eigenvalue weighted by atomic mass is 9.96. The first-order valence-electron chi connectivity index (χ1n) is 10.7. The van der Waals surface area contributed by atoms with Crippen molar-refractivity contribution in [1.82, 2.24) is 14.8 Å². The topological polar surface area (TPSA) is 49.6 Å². The van der Waals surface area contributed by atoms with Gasteiger partial charge in [-0.25, -0.2) is 4.98 Å². The number of aryl methyl sites for hydroxylation is 1. The molecule has 5 rings (SSSR count). The molecule has 4 aromatic rings. The minimum Gasteiger partial charge on any atom is -0.449 e. The Bertz CT molecular complexity index is 1140. The molecule has 1 saturated heterocycles. The molecule has 0 bridgehead atoms. The van der Waals surface area contributed by atoms with Gasteiger partial charge in [0.25, 0.3) is 5.91 Å². The van der Waals surface area contributed by atoms with Crippen LogP contribution in [-0.4, -0.2) is 46.9 Å². The third-order valence-electron chi connectivity index (χ3n) is 5.92. The Morgan fingerprint density at radius 1 is 0.871 bits per heavy atom. The van der Waals surface area contributed by atoms with E-state index in [0.29, 0.717) is 24.4 Å². The number of furan rings is 1. The Morgan fingerprint density at radius 3 is 2.10 bits per heavy atom. The fourth-order valence-corrected chi connectivity index (χ4v) is 4.36. The number of carbonyl (C=O) groups excluding carboxylic acids is 1. The number of piperazine rings is 1. The van der Waals surface area contributed by atoms with E-state index in [2.05, 4.69) is 58.4 Å². The number of hydrogen-bond donors (Lipinski definition) is 0. The highest BCUT2D eigenvalue weighted by atomic mass is 16.3. The molecule has 0 spiro atoms.